The van der Waals surface area contributed by atoms with Crippen LogP contribution in [0.25, 0.3) is 0 Å². The van der Waals surface area contributed by atoms with Crippen molar-refractivity contribution in [2.24, 2.45) is 0 Å². The van der Waals surface area contributed by atoms with Crippen molar-refractivity contribution in [1.29, 1.82) is 0 Å². The average molecular weight is 190 g/mol. The summed E-state index contributed by atoms with van der Waals surface area (Å²) in [7, 11) is 0. The van der Waals surface area contributed by atoms with E-state index in [-0.39, 0.29) is 0 Å². The van der Waals surface area contributed by atoms with Gasteiger partial charge in [0.25, 0.3) is 0 Å². The maximum Gasteiger partial charge on any atom is -0.0268 e. The van der Waals surface area contributed by atoms with Gasteiger partial charge >= 0.3 is 0 Å². The molecule has 0 fully saturated rings. The van der Waals surface area contributed by atoms with E-state index >= 15 is 0 Å². The summed E-state index contributed by atoms with van der Waals surface area (Å²) < 4.78 is 0. The number of rotatable bonds is 4. The molecule has 0 rings (SSSR count). The highest BCUT2D eigenvalue weighted by molar-refractivity contribution is 5.43. The summed E-state index contributed by atoms with van der Waals surface area (Å²) >= 11 is 0. The van der Waals surface area contributed by atoms with Gasteiger partial charge in [0.15, 0.2) is 0 Å². The van der Waals surface area contributed by atoms with Crippen molar-refractivity contribution in [3.05, 3.63) is 47.1 Å². The largest absolute Gasteiger partial charge is 0.0958 e. The first kappa shape index (κ1) is 13.0. The molecule has 0 spiro atoms. The van der Waals surface area contributed by atoms with Gasteiger partial charge in [-0.1, -0.05) is 37.3 Å². The zero-order valence-electron chi connectivity index (χ0n) is 10.1. The van der Waals surface area contributed by atoms with Crippen LogP contribution < -0.4 is 0 Å². The van der Waals surface area contributed by atoms with E-state index in [0.29, 0.717) is 0 Å². The Labute approximate surface area is 88.7 Å². The fraction of sp³-hybridized carbons (Fsp3) is 0.429. The molecule has 0 aromatic rings. The molecule has 0 aliphatic carbocycles. The molecule has 0 amide bonds. The first-order chi connectivity index (χ1) is 6.52. The molecule has 0 aromatic heterocycles. The number of hydrogen-bond donors (Lipinski definition) is 0. The summed E-state index contributed by atoms with van der Waals surface area (Å²) in [4.78, 5) is 0. The lowest BCUT2D eigenvalue weighted by Gasteiger charge is -2.05. The maximum atomic E-state index is 3.94. The van der Waals surface area contributed by atoms with E-state index in [0.717, 1.165) is 12.0 Å². The Morgan fingerprint density at radius 1 is 1.14 bits per heavy atom. The molecule has 0 aromatic carbocycles. The van der Waals surface area contributed by atoms with Crippen LogP contribution in [0.5, 0.6) is 0 Å². The first-order valence-electron chi connectivity index (χ1n) is 5.20. The van der Waals surface area contributed by atoms with Crippen molar-refractivity contribution in [3.63, 3.8) is 0 Å². The molecule has 14 heavy (non-hydrogen) atoms. The minimum absolute atomic E-state index is 1.07. The van der Waals surface area contributed by atoms with Gasteiger partial charge in [-0.2, -0.15) is 0 Å². The predicted molar refractivity (Wildman–Crippen MR) is 66.4 cm³/mol. The van der Waals surface area contributed by atoms with E-state index in [1.165, 1.54) is 16.7 Å². The van der Waals surface area contributed by atoms with Crippen LogP contribution in [0.3, 0.4) is 0 Å². The lowest BCUT2D eigenvalue weighted by molar-refractivity contribution is 1.19. The highest BCUT2D eigenvalue weighted by atomic mass is 14.0. The van der Waals surface area contributed by atoms with Crippen molar-refractivity contribution in [1.82, 2.24) is 0 Å². The number of allylic oxidation sites excluding steroid dienone is 7. The summed E-state index contributed by atoms with van der Waals surface area (Å²) in [6.07, 6.45) is 7.67. The highest BCUT2D eigenvalue weighted by Gasteiger charge is 1.96. The third kappa shape index (κ3) is 4.27. The van der Waals surface area contributed by atoms with Gasteiger partial charge in [0.05, 0.1) is 0 Å². The first-order valence-corrected chi connectivity index (χ1v) is 5.20. The molecule has 0 atom stereocenters. The predicted octanol–water partition coefficient (Wildman–Crippen LogP) is 4.81. The van der Waals surface area contributed by atoms with Crippen molar-refractivity contribution in [3.8, 4) is 0 Å². The second-order valence-corrected chi connectivity index (χ2v) is 3.65. The standard InChI is InChI=1S/C14H22/c1-7-9-14(12(5)8-2)10-13(6)11(3)4/h8-10H,3,7H2,1-2,4-6H3/b12-8-,13-10+,14-9-. The van der Waals surface area contributed by atoms with Crippen LogP contribution in [0.15, 0.2) is 47.1 Å². The molecule has 0 aliphatic rings. The van der Waals surface area contributed by atoms with Crippen molar-refractivity contribution in [2.75, 3.05) is 0 Å². The Hall–Kier alpha value is -1.04. The second kappa shape index (κ2) is 6.42. The summed E-state index contributed by atoms with van der Waals surface area (Å²) in [6.45, 7) is 14.5. The van der Waals surface area contributed by atoms with Crippen molar-refractivity contribution < 1.29 is 0 Å². The second-order valence-electron chi connectivity index (χ2n) is 3.65. The summed E-state index contributed by atoms with van der Waals surface area (Å²) in [5, 5.41) is 0. The average Bonchev–Trinajstić information content (AvgIpc) is 2.15. The van der Waals surface area contributed by atoms with Crippen LogP contribution in [0.2, 0.25) is 0 Å². The van der Waals surface area contributed by atoms with Crippen molar-refractivity contribution >= 4 is 0 Å². The van der Waals surface area contributed by atoms with Gasteiger partial charge in [0.1, 0.15) is 0 Å². The summed E-state index contributed by atoms with van der Waals surface area (Å²) in [5.74, 6) is 0. The van der Waals surface area contributed by atoms with Crippen LogP contribution in [0, 0.1) is 0 Å². The molecule has 0 N–H and O–H groups in total. The highest BCUT2D eigenvalue weighted by Crippen LogP contribution is 2.16. The molecule has 0 aliphatic heterocycles. The molecule has 78 valence electrons. The molecule has 0 radical (unpaired) electrons. The molecular weight excluding hydrogens is 168 g/mol. The third-order valence-electron chi connectivity index (χ3n) is 2.36. The maximum absolute atomic E-state index is 3.94. The molecule has 0 bridgehead atoms. The monoisotopic (exact) mass is 190 g/mol. The van der Waals surface area contributed by atoms with Gasteiger partial charge in [-0.3, -0.25) is 0 Å². The molecule has 0 heterocycles. The Bertz CT molecular complexity index is 285. The van der Waals surface area contributed by atoms with Crippen LogP contribution in [0.1, 0.15) is 41.0 Å². The van der Waals surface area contributed by atoms with Crippen LogP contribution in [-0.4, -0.2) is 0 Å². The molecule has 0 unspecified atom stereocenters. The lowest BCUT2D eigenvalue weighted by atomic mass is 10.0. The molecule has 0 saturated heterocycles. The van der Waals surface area contributed by atoms with Crippen LogP contribution >= 0.6 is 0 Å². The van der Waals surface area contributed by atoms with E-state index in [1.54, 1.807) is 0 Å². The minimum atomic E-state index is 1.07. The minimum Gasteiger partial charge on any atom is -0.0958 e. The smallest absolute Gasteiger partial charge is 0.0268 e. The van der Waals surface area contributed by atoms with Gasteiger partial charge in [0, 0.05) is 0 Å². The quantitative estimate of drug-likeness (QED) is 0.558. The van der Waals surface area contributed by atoms with E-state index in [9.17, 15) is 0 Å². The zero-order valence-corrected chi connectivity index (χ0v) is 10.1. The van der Waals surface area contributed by atoms with Crippen molar-refractivity contribution in [2.45, 2.75) is 41.0 Å². The Morgan fingerprint density at radius 3 is 2.07 bits per heavy atom. The van der Waals surface area contributed by atoms with E-state index in [2.05, 4.69) is 52.5 Å². The Morgan fingerprint density at radius 2 is 1.71 bits per heavy atom. The summed E-state index contributed by atoms with van der Waals surface area (Å²) in [5.41, 5.74) is 5.03. The van der Waals surface area contributed by atoms with Crippen LogP contribution in [-0.2, 0) is 0 Å². The topological polar surface area (TPSA) is 0 Å². The van der Waals surface area contributed by atoms with Gasteiger partial charge in [0.2, 0.25) is 0 Å². The zero-order chi connectivity index (χ0) is 11.1. The van der Waals surface area contributed by atoms with E-state index in [4.69, 9.17) is 0 Å². The SMILES string of the molecule is C=C(C)/C(C)=C/C(=C/CC)C(/C)=C\C. The normalized spacial score (nSPS) is 14.5. The lowest BCUT2D eigenvalue weighted by Crippen LogP contribution is -1.85. The third-order valence-corrected chi connectivity index (χ3v) is 2.36. The summed E-state index contributed by atoms with van der Waals surface area (Å²) in [6, 6.07) is 0. The molecule has 0 heteroatoms. The van der Waals surface area contributed by atoms with Gasteiger partial charge < -0.3 is 0 Å². The van der Waals surface area contributed by atoms with Gasteiger partial charge in [-0.15, -0.1) is 0 Å². The van der Waals surface area contributed by atoms with E-state index in [1.807, 2.05) is 6.92 Å². The van der Waals surface area contributed by atoms with Gasteiger partial charge in [-0.05, 0) is 50.8 Å². The van der Waals surface area contributed by atoms with Crippen LogP contribution in [0.4, 0.5) is 0 Å². The van der Waals surface area contributed by atoms with E-state index < -0.39 is 0 Å². The Balaban J connectivity index is 4.98. The van der Waals surface area contributed by atoms with Gasteiger partial charge in [-0.25, -0.2) is 0 Å². The molecule has 0 saturated carbocycles. The molecule has 0 nitrogen and oxygen atoms in total. The Kier molecular flexibility index (Phi) is 5.94. The fourth-order valence-corrected chi connectivity index (χ4v) is 1.08. The molecular formula is C14H22. The fourth-order valence-electron chi connectivity index (χ4n) is 1.08. The number of hydrogen-bond acceptors (Lipinski definition) is 0.